The molecule has 1 amide bonds. The minimum Gasteiger partial charge on any atom is -0.365 e. The lowest BCUT2D eigenvalue weighted by Crippen LogP contribution is -2.31. The van der Waals surface area contributed by atoms with Gasteiger partial charge in [-0.25, -0.2) is 0 Å². The largest absolute Gasteiger partial charge is 0.365 e. The van der Waals surface area contributed by atoms with Crippen molar-refractivity contribution in [1.29, 1.82) is 0 Å². The zero-order valence-corrected chi connectivity index (χ0v) is 9.10. The lowest BCUT2D eigenvalue weighted by molar-refractivity contribution is -0.115. The number of hydrogen-bond acceptors (Lipinski definition) is 2. The second kappa shape index (κ2) is 4.23. The summed E-state index contributed by atoms with van der Waals surface area (Å²) in [7, 11) is 1.84. The third-order valence-corrected chi connectivity index (χ3v) is 2.55. The van der Waals surface area contributed by atoms with E-state index in [1.54, 1.807) is 0 Å². The first-order valence-corrected chi connectivity index (χ1v) is 5.07. The number of carbonyl (C=O) groups is 1. The Labute approximate surface area is 94.9 Å². The summed E-state index contributed by atoms with van der Waals surface area (Å²) in [6.07, 6.45) is 4.75. The summed E-state index contributed by atoms with van der Waals surface area (Å²) in [6, 6.07) is 10.0. The lowest BCUT2D eigenvalue weighted by atomic mass is 10.0. The van der Waals surface area contributed by atoms with Gasteiger partial charge in [0.2, 0.25) is 0 Å². The number of likely N-dealkylation sites (N-methyl/N-ethyl adjacent to an activating group) is 1. The SMILES string of the molecule is CN1CC(c2ccccc2)=C[C]=C1C(N)=O. The molecule has 3 nitrogen and oxygen atoms in total. The van der Waals surface area contributed by atoms with Gasteiger partial charge in [0.05, 0.1) is 0 Å². The molecular formula is C13H13N2O. The van der Waals surface area contributed by atoms with Gasteiger partial charge in [0, 0.05) is 19.7 Å². The van der Waals surface area contributed by atoms with Crippen LogP contribution in [0.3, 0.4) is 0 Å². The molecule has 0 saturated heterocycles. The molecule has 0 bridgehead atoms. The van der Waals surface area contributed by atoms with Gasteiger partial charge in [0.15, 0.2) is 0 Å². The van der Waals surface area contributed by atoms with Crippen LogP contribution in [-0.2, 0) is 4.79 Å². The molecule has 81 valence electrons. The van der Waals surface area contributed by atoms with E-state index >= 15 is 0 Å². The van der Waals surface area contributed by atoms with Crippen LogP contribution in [0.25, 0.3) is 5.57 Å². The molecule has 1 aliphatic heterocycles. The Kier molecular flexibility index (Phi) is 2.77. The van der Waals surface area contributed by atoms with Crippen LogP contribution in [0.1, 0.15) is 5.56 Å². The Morgan fingerprint density at radius 1 is 1.38 bits per heavy atom. The van der Waals surface area contributed by atoms with Crippen LogP contribution in [0.5, 0.6) is 0 Å². The molecule has 1 radical (unpaired) electrons. The number of rotatable bonds is 2. The molecule has 1 heterocycles. The molecule has 16 heavy (non-hydrogen) atoms. The maximum Gasteiger partial charge on any atom is 0.265 e. The number of primary amides is 1. The van der Waals surface area contributed by atoms with Crippen LogP contribution in [0.4, 0.5) is 0 Å². The van der Waals surface area contributed by atoms with Gasteiger partial charge in [0.25, 0.3) is 5.91 Å². The smallest absolute Gasteiger partial charge is 0.265 e. The molecule has 0 saturated carbocycles. The van der Waals surface area contributed by atoms with E-state index < -0.39 is 5.91 Å². The molecule has 3 heteroatoms. The van der Waals surface area contributed by atoms with Crippen molar-refractivity contribution >= 4 is 11.5 Å². The fraction of sp³-hybridized carbons (Fsp3) is 0.154. The van der Waals surface area contributed by atoms with Crippen molar-refractivity contribution in [2.24, 2.45) is 5.73 Å². The molecule has 0 aromatic heterocycles. The van der Waals surface area contributed by atoms with E-state index in [2.05, 4.69) is 6.08 Å². The van der Waals surface area contributed by atoms with E-state index in [-0.39, 0.29) is 0 Å². The molecule has 0 fully saturated rings. The van der Waals surface area contributed by atoms with E-state index in [1.165, 1.54) is 0 Å². The van der Waals surface area contributed by atoms with Gasteiger partial charge in [-0.15, -0.1) is 0 Å². The average Bonchev–Trinajstić information content (AvgIpc) is 2.29. The summed E-state index contributed by atoms with van der Waals surface area (Å²) in [5, 5.41) is 0. The third kappa shape index (κ3) is 1.98. The minimum absolute atomic E-state index is 0.430. The Morgan fingerprint density at radius 2 is 2.06 bits per heavy atom. The average molecular weight is 213 g/mol. The summed E-state index contributed by atoms with van der Waals surface area (Å²) in [5.41, 5.74) is 7.94. The molecule has 1 aromatic carbocycles. The fourth-order valence-corrected chi connectivity index (χ4v) is 1.73. The van der Waals surface area contributed by atoms with Crippen molar-refractivity contribution in [2.75, 3.05) is 13.6 Å². The van der Waals surface area contributed by atoms with Crippen LogP contribution in [-0.4, -0.2) is 24.4 Å². The first-order chi connectivity index (χ1) is 7.68. The van der Waals surface area contributed by atoms with Gasteiger partial charge in [-0.2, -0.15) is 0 Å². The second-order valence-electron chi connectivity index (χ2n) is 3.75. The first kappa shape index (κ1) is 10.5. The van der Waals surface area contributed by atoms with E-state index in [4.69, 9.17) is 5.73 Å². The van der Waals surface area contributed by atoms with Crippen LogP contribution in [0.15, 0.2) is 42.1 Å². The molecule has 0 aliphatic carbocycles. The molecule has 0 atom stereocenters. The normalized spacial score (nSPS) is 15.4. The van der Waals surface area contributed by atoms with E-state index in [0.29, 0.717) is 12.2 Å². The maximum absolute atomic E-state index is 11.1. The highest BCUT2D eigenvalue weighted by Crippen LogP contribution is 2.20. The standard InChI is InChI=1S/C13H13N2O/c1-15-9-11(7-8-12(15)13(14)16)10-5-3-2-4-6-10/h2-7H,9H2,1H3,(H2,14,16). The number of nitrogens with two attached hydrogens (primary N) is 1. The molecule has 1 aliphatic rings. The number of nitrogens with zero attached hydrogens (tertiary/aromatic N) is 1. The summed E-state index contributed by atoms with van der Waals surface area (Å²) in [5.74, 6) is -0.439. The molecule has 0 unspecified atom stereocenters. The topological polar surface area (TPSA) is 46.3 Å². The molecule has 2 rings (SSSR count). The molecule has 2 N–H and O–H groups in total. The quantitative estimate of drug-likeness (QED) is 0.802. The van der Waals surface area contributed by atoms with Gasteiger partial charge < -0.3 is 10.6 Å². The van der Waals surface area contributed by atoms with Crippen molar-refractivity contribution in [3.63, 3.8) is 0 Å². The van der Waals surface area contributed by atoms with E-state index in [9.17, 15) is 4.79 Å². The highest BCUT2D eigenvalue weighted by molar-refractivity contribution is 5.92. The predicted octanol–water partition coefficient (Wildman–Crippen LogP) is 1.19. The molecule has 1 aromatic rings. The van der Waals surface area contributed by atoms with Crippen molar-refractivity contribution in [3.8, 4) is 0 Å². The van der Waals surface area contributed by atoms with E-state index in [1.807, 2.05) is 48.4 Å². The van der Waals surface area contributed by atoms with Crippen molar-refractivity contribution in [3.05, 3.63) is 53.7 Å². The Balaban J connectivity index is 2.31. The van der Waals surface area contributed by atoms with Crippen molar-refractivity contribution < 1.29 is 4.79 Å². The summed E-state index contributed by atoms with van der Waals surface area (Å²) in [4.78, 5) is 12.9. The predicted molar refractivity (Wildman–Crippen MR) is 63.0 cm³/mol. The van der Waals surface area contributed by atoms with Gasteiger partial charge >= 0.3 is 0 Å². The molecular weight excluding hydrogens is 200 g/mol. The number of benzene rings is 1. The lowest BCUT2D eigenvalue weighted by Gasteiger charge is -2.24. The maximum atomic E-state index is 11.1. The number of allylic oxidation sites excluding steroid dienone is 2. The van der Waals surface area contributed by atoms with Gasteiger partial charge in [-0.1, -0.05) is 30.3 Å². The minimum atomic E-state index is -0.439. The van der Waals surface area contributed by atoms with Gasteiger partial charge in [-0.05, 0) is 17.2 Å². The highest BCUT2D eigenvalue weighted by atomic mass is 16.1. The Bertz CT molecular complexity index is 460. The van der Waals surface area contributed by atoms with Gasteiger partial charge in [0.1, 0.15) is 5.70 Å². The zero-order chi connectivity index (χ0) is 11.5. The Hall–Kier alpha value is -2.03. The van der Waals surface area contributed by atoms with Crippen LogP contribution in [0, 0.1) is 6.08 Å². The third-order valence-electron chi connectivity index (χ3n) is 2.55. The van der Waals surface area contributed by atoms with Crippen LogP contribution in [0.2, 0.25) is 0 Å². The number of carbonyl (C=O) groups excluding carboxylic acids is 1. The van der Waals surface area contributed by atoms with E-state index in [0.717, 1.165) is 11.1 Å². The van der Waals surface area contributed by atoms with Gasteiger partial charge in [-0.3, -0.25) is 4.79 Å². The van der Waals surface area contributed by atoms with Crippen LogP contribution < -0.4 is 5.73 Å². The number of hydrogen-bond donors (Lipinski definition) is 1. The number of amides is 1. The van der Waals surface area contributed by atoms with Crippen molar-refractivity contribution in [2.45, 2.75) is 0 Å². The fourth-order valence-electron chi connectivity index (χ4n) is 1.73. The highest BCUT2D eigenvalue weighted by Gasteiger charge is 2.16. The monoisotopic (exact) mass is 213 g/mol. The summed E-state index contributed by atoms with van der Waals surface area (Å²) in [6.45, 7) is 0.676. The first-order valence-electron chi connectivity index (χ1n) is 5.07. The van der Waals surface area contributed by atoms with Crippen LogP contribution >= 0.6 is 0 Å². The Morgan fingerprint density at radius 3 is 2.62 bits per heavy atom. The summed E-state index contributed by atoms with van der Waals surface area (Å²) >= 11 is 0. The summed E-state index contributed by atoms with van der Waals surface area (Å²) < 4.78 is 0. The zero-order valence-electron chi connectivity index (χ0n) is 9.10. The van der Waals surface area contributed by atoms with Crippen molar-refractivity contribution in [1.82, 2.24) is 4.90 Å². The molecule has 0 spiro atoms. The second-order valence-corrected chi connectivity index (χ2v) is 3.75.